The average Bonchev–Trinajstić information content (AvgIpc) is 2.84. The van der Waals surface area contributed by atoms with Crippen LogP contribution in [0.2, 0.25) is 5.02 Å². The quantitative estimate of drug-likeness (QED) is 0.243. The lowest BCUT2D eigenvalue weighted by molar-refractivity contribution is 0.00458. The Morgan fingerprint density at radius 1 is 0.853 bits per heavy atom. The van der Waals surface area contributed by atoms with E-state index in [-0.39, 0.29) is 12.4 Å². The van der Waals surface area contributed by atoms with Crippen LogP contribution >= 0.6 is 11.6 Å². The van der Waals surface area contributed by atoms with E-state index in [9.17, 15) is 4.79 Å². The fraction of sp³-hybridized carbons (Fsp3) is 0.296. The number of ketones is 1. The Morgan fingerprint density at radius 2 is 1.53 bits per heavy atom. The van der Waals surface area contributed by atoms with E-state index >= 15 is 0 Å². The van der Waals surface area contributed by atoms with Gasteiger partial charge in [0.15, 0.2) is 5.78 Å². The predicted octanol–water partition coefficient (Wildman–Crippen LogP) is 5.17. The maximum absolute atomic E-state index is 12.9. The average molecular weight is 484 g/mol. The Labute approximate surface area is 205 Å². The van der Waals surface area contributed by atoms with Crippen LogP contribution in [0.25, 0.3) is 0 Å². The fourth-order valence-corrected chi connectivity index (χ4v) is 3.63. The zero-order valence-electron chi connectivity index (χ0n) is 19.3. The standard InChI is InChI=1S/C27H30ClNO5/c1-20-6-2-4-8-23(20)27(31)24-11-10-22(18-25(24)28)29-26-9-5-3-7-21(26)19-34-17-16-33-15-14-32-13-12-30/h2-11,18,29-30H,12-17,19H2,1H3. The van der Waals surface area contributed by atoms with Crippen molar-refractivity contribution in [3.63, 3.8) is 0 Å². The summed E-state index contributed by atoms with van der Waals surface area (Å²) in [5.41, 5.74) is 4.71. The Bertz CT molecular complexity index is 1070. The molecule has 180 valence electrons. The summed E-state index contributed by atoms with van der Waals surface area (Å²) in [4.78, 5) is 12.9. The highest BCUT2D eigenvalue weighted by Crippen LogP contribution is 2.28. The fourth-order valence-electron chi connectivity index (χ4n) is 3.36. The van der Waals surface area contributed by atoms with Crippen molar-refractivity contribution in [2.75, 3.05) is 45.0 Å². The van der Waals surface area contributed by atoms with Crippen molar-refractivity contribution >= 4 is 28.8 Å². The minimum absolute atomic E-state index is 0.0123. The molecule has 0 amide bonds. The lowest BCUT2D eigenvalue weighted by Crippen LogP contribution is -2.11. The summed E-state index contributed by atoms with van der Waals surface area (Å²) in [6.45, 7) is 4.50. The SMILES string of the molecule is Cc1ccccc1C(=O)c1ccc(Nc2ccccc2COCCOCCOCCO)cc1Cl. The monoisotopic (exact) mass is 483 g/mol. The molecular formula is C27H30ClNO5. The van der Waals surface area contributed by atoms with E-state index in [0.29, 0.717) is 55.8 Å². The van der Waals surface area contributed by atoms with E-state index in [4.69, 9.17) is 30.9 Å². The van der Waals surface area contributed by atoms with E-state index in [2.05, 4.69) is 5.32 Å². The van der Waals surface area contributed by atoms with Gasteiger partial charge in [-0.05, 0) is 36.8 Å². The normalized spacial score (nSPS) is 10.9. The van der Waals surface area contributed by atoms with Crippen molar-refractivity contribution in [2.45, 2.75) is 13.5 Å². The van der Waals surface area contributed by atoms with Crippen LogP contribution in [0.5, 0.6) is 0 Å². The number of nitrogens with one attached hydrogen (secondary N) is 1. The molecule has 0 fully saturated rings. The third-order valence-electron chi connectivity index (χ3n) is 5.14. The van der Waals surface area contributed by atoms with Gasteiger partial charge in [-0.15, -0.1) is 0 Å². The van der Waals surface area contributed by atoms with E-state index in [1.54, 1.807) is 12.1 Å². The van der Waals surface area contributed by atoms with Gasteiger partial charge in [0.25, 0.3) is 0 Å². The Hall–Kier alpha value is -2.74. The lowest BCUT2D eigenvalue weighted by atomic mass is 9.99. The van der Waals surface area contributed by atoms with Crippen molar-refractivity contribution in [1.82, 2.24) is 0 Å². The van der Waals surface area contributed by atoms with Crippen LogP contribution in [0.4, 0.5) is 11.4 Å². The second-order valence-corrected chi connectivity index (χ2v) is 8.03. The maximum Gasteiger partial charge on any atom is 0.194 e. The highest BCUT2D eigenvalue weighted by atomic mass is 35.5. The summed E-state index contributed by atoms with van der Waals surface area (Å²) in [6.07, 6.45) is 0. The van der Waals surface area contributed by atoms with E-state index < -0.39 is 0 Å². The topological polar surface area (TPSA) is 77.0 Å². The molecule has 0 saturated heterocycles. The highest BCUT2D eigenvalue weighted by molar-refractivity contribution is 6.35. The molecule has 0 radical (unpaired) electrons. The van der Waals surface area contributed by atoms with Crippen molar-refractivity contribution in [1.29, 1.82) is 0 Å². The van der Waals surface area contributed by atoms with Crippen molar-refractivity contribution < 1.29 is 24.1 Å². The second-order valence-electron chi connectivity index (χ2n) is 7.62. The number of aryl methyl sites for hydroxylation is 1. The molecule has 3 rings (SSSR count). The number of para-hydroxylation sites is 1. The van der Waals surface area contributed by atoms with Gasteiger partial charge in [-0.2, -0.15) is 0 Å². The molecule has 0 aliphatic heterocycles. The van der Waals surface area contributed by atoms with E-state index in [1.807, 2.05) is 61.5 Å². The van der Waals surface area contributed by atoms with Crippen molar-refractivity contribution in [3.05, 3.63) is 94.0 Å². The molecule has 7 heteroatoms. The molecule has 0 aliphatic carbocycles. The van der Waals surface area contributed by atoms with Crippen LogP contribution in [0, 0.1) is 6.92 Å². The number of hydrogen-bond acceptors (Lipinski definition) is 6. The summed E-state index contributed by atoms with van der Waals surface area (Å²) in [5.74, 6) is -0.0920. The smallest absolute Gasteiger partial charge is 0.194 e. The minimum Gasteiger partial charge on any atom is -0.394 e. The van der Waals surface area contributed by atoms with E-state index in [1.165, 1.54) is 0 Å². The summed E-state index contributed by atoms with van der Waals surface area (Å²) in [5, 5.41) is 12.4. The molecule has 3 aromatic carbocycles. The Morgan fingerprint density at radius 3 is 2.26 bits per heavy atom. The van der Waals surface area contributed by atoms with Crippen LogP contribution in [0.1, 0.15) is 27.0 Å². The number of hydrogen-bond donors (Lipinski definition) is 2. The number of aliphatic hydroxyl groups is 1. The molecule has 3 aromatic rings. The van der Waals surface area contributed by atoms with Gasteiger partial charge in [0.05, 0.1) is 51.3 Å². The predicted molar refractivity (Wildman–Crippen MR) is 134 cm³/mol. The lowest BCUT2D eigenvalue weighted by Gasteiger charge is -2.14. The summed E-state index contributed by atoms with van der Waals surface area (Å²) in [6, 6.07) is 20.7. The molecule has 0 saturated carbocycles. The van der Waals surface area contributed by atoms with Gasteiger partial charge in [-0.1, -0.05) is 54.1 Å². The second kappa shape index (κ2) is 13.8. The number of halogens is 1. The van der Waals surface area contributed by atoms with Crippen molar-refractivity contribution in [3.8, 4) is 0 Å². The van der Waals surface area contributed by atoms with Gasteiger partial charge in [0, 0.05) is 28.1 Å². The molecule has 0 heterocycles. The molecule has 2 N–H and O–H groups in total. The van der Waals surface area contributed by atoms with Crippen LogP contribution in [0.15, 0.2) is 66.7 Å². The van der Waals surface area contributed by atoms with Crippen LogP contribution < -0.4 is 5.32 Å². The number of ether oxygens (including phenoxy) is 3. The molecule has 34 heavy (non-hydrogen) atoms. The first-order chi connectivity index (χ1) is 16.6. The third-order valence-corrected chi connectivity index (χ3v) is 5.45. The van der Waals surface area contributed by atoms with Crippen LogP contribution in [-0.2, 0) is 20.8 Å². The zero-order valence-corrected chi connectivity index (χ0v) is 20.0. The summed E-state index contributed by atoms with van der Waals surface area (Å²) >= 11 is 6.48. The number of anilines is 2. The molecule has 0 aliphatic rings. The highest BCUT2D eigenvalue weighted by Gasteiger charge is 2.15. The van der Waals surface area contributed by atoms with Gasteiger partial charge in [0.2, 0.25) is 0 Å². The molecule has 0 unspecified atom stereocenters. The van der Waals surface area contributed by atoms with Gasteiger partial charge < -0.3 is 24.6 Å². The Kier molecular flexibility index (Phi) is 10.5. The largest absolute Gasteiger partial charge is 0.394 e. The molecule has 0 atom stereocenters. The molecular weight excluding hydrogens is 454 g/mol. The zero-order chi connectivity index (χ0) is 24.2. The number of aliphatic hydroxyl groups excluding tert-OH is 1. The molecule has 0 bridgehead atoms. The van der Waals surface area contributed by atoms with Gasteiger partial charge in [-0.25, -0.2) is 0 Å². The van der Waals surface area contributed by atoms with Gasteiger partial charge in [-0.3, -0.25) is 4.79 Å². The molecule has 0 spiro atoms. The summed E-state index contributed by atoms with van der Waals surface area (Å²) < 4.78 is 16.3. The first kappa shape index (κ1) is 25.9. The molecule has 0 aromatic heterocycles. The molecule has 6 nitrogen and oxygen atoms in total. The van der Waals surface area contributed by atoms with Crippen LogP contribution in [0.3, 0.4) is 0 Å². The summed E-state index contributed by atoms with van der Waals surface area (Å²) in [7, 11) is 0. The van der Waals surface area contributed by atoms with Crippen molar-refractivity contribution in [2.24, 2.45) is 0 Å². The maximum atomic E-state index is 12.9. The number of rotatable bonds is 14. The first-order valence-corrected chi connectivity index (χ1v) is 11.6. The van der Waals surface area contributed by atoms with Gasteiger partial charge in [0.1, 0.15) is 0 Å². The number of benzene rings is 3. The van der Waals surface area contributed by atoms with E-state index in [0.717, 1.165) is 22.5 Å². The first-order valence-electron chi connectivity index (χ1n) is 11.2. The number of carbonyl (C=O) groups is 1. The van der Waals surface area contributed by atoms with Crippen LogP contribution in [-0.4, -0.2) is 50.5 Å². The minimum atomic E-state index is -0.0920. The van der Waals surface area contributed by atoms with Gasteiger partial charge >= 0.3 is 0 Å². The number of carbonyl (C=O) groups excluding carboxylic acids is 1. The Balaban J connectivity index is 1.55. The third kappa shape index (κ3) is 7.65.